The minimum atomic E-state index is -0.768. The Bertz CT molecular complexity index is 627. The van der Waals surface area contributed by atoms with Crippen LogP contribution in [-0.4, -0.2) is 23.7 Å². The molecule has 2 amide bonds. The highest BCUT2D eigenvalue weighted by Crippen LogP contribution is 2.34. The van der Waals surface area contributed by atoms with E-state index >= 15 is 0 Å². The van der Waals surface area contributed by atoms with E-state index in [-0.39, 0.29) is 17.9 Å². The molecule has 0 saturated carbocycles. The van der Waals surface area contributed by atoms with Crippen LogP contribution in [0, 0.1) is 0 Å². The van der Waals surface area contributed by atoms with Gasteiger partial charge in [-0.05, 0) is 32.0 Å². The maximum atomic E-state index is 12.1. The van der Waals surface area contributed by atoms with Gasteiger partial charge in [0.25, 0.3) is 0 Å². The zero-order valence-electron chi connectivity index (χ0n) is 11.6. The number of halogens is 1. The zero-order valence-corrected chi connectivity index (χ0v) is 13.2. The van der Waals surface area contributed by atoms with E-state index in [1.54, 1.807) is 26.0 Å². The monoisotopic (exact) mass is 354 g/mol. The quantitative estimate of drug-likeness (QED) is 0.727. The molecule has 1 heterocycles. The number of esters is 1. The van der Waals surface area contributed by atoms with Gasteiger partial charge in [-0.25, -0.2) is 9.59 Å². The van der Waals surface area contributed by atoms with Gasteiger partial charge in [0.2, 0.25) is 0 Å². The summed E-state index contributed by atoms with van der Waals surface area (Å²) in [6, 6.07) is 3.60. The number of hydrogen-bond acceptors (Lipinski definition) is 4. The Hall–Kier alpha value is -2.02. The van der Waals surface area contributed by atoms with Gasteiger partial charge >= 0.3 is 12.0 Å². The number of carbonyl (C=O) groups is 2. The van der Waals surface area contributed by atoms with Crippen LogP contribution in [0.5, 0.6) is 5.75 Å². The van der Waals surface area contributed by atoms with E-state index in [4.69, 9.17) is 4.74 Å². The van der Waals surface area contributed by atoms with Gasteiger partial charge in [0.1, 0.15) is 5.75 Å². The molecule has 2 rings (SSSR count). The molecule has 1 aromatic carbocycles. The number of ether oxygens (including phenoxy) is 1. The first-order chi connectivity index (χ1) is 9.93. The fraction of sp³-hybridized carbons (Fsp3) is 0.286. The molecule has 21 heavy (non-hydrogen) atoms. The molecule has 0 radical (unpaired) electrons. The normalized spacial score (nSPS) is 18.0. The first-order valence-corrected chi connectivity index (χ1v) is 7.17. The molecule has 0 aliphatic carbocycles. The number of nitrogens with one attached hydrogen (secondary N) is 2. The summed E-state index contributed by atoms with van der Waals surface area (Å²) < 4.78 is 5.75. The molecular formula is C14H15BrN2O4. The van der Waals surface area contributed by atoms with E-state index in [2.05, 4.69) is 26.6 Å². The lowest BCUT2D eigenvalue weighted by Gasteiger charge is -2.28. The van der Waals surface area contributed by atoms with Crippen LogP contribution in [0.2, 0.25) is 0 Å². The molecule has 0 spiro atoms. The van der Waals surface area contributed by atoms with Crippen LogP contribution >= 0.6 is 15.9 Å². The van der Waals surface area contributed by atoms with Gasteiger partial charge in [-0.15, -0.1) is 0 Å². The van der Waals surface area contributed by atoms with Crippen LogP contribution in [0.15, 0.2) is 33.9 Å². The Kier molecular flexibility index (Phi) is 4.52. The number of urea groups is 1. The lowest BCUT2D eigenvalue weighted by molar-refractivity contribution is -0.139. The molecule has 112 valence electrons. The Labute approximate surface area is 130 Å². The van der Waals surface area contributed by atoms with Crippen molar-refractivity contribution < 1.29 is 19.4 Å². The first kappa shape index (κ1) is 15.4. The smallest absolute Gasteiger partial charge is 0.338 e. The average molecular weight is 355 g/mol. The fourth-order valence-electron chi connectivity index (χ4n) is 2.16. The molecule has 0 aromatic heterocycles. The van der Waals surface area contributed by atoms with Crippen LogP contribution in [0.4, 0.5) is 4.79 Å². The topological polar surface area (TPSA) is 87.7 Å². The van der Waals surface area contributed by atoms with E-state index in [9.17, 15) is 14.7 Å². The van der Waals surface area contributed by atoms with Crippen molar-refractivity contribution in [1.82, 2.24) is 10.6 Å². The summed E-state index contributed by atoms with van der Waals surface area (Å²) in [6.07, 6.45) is 0. The van der Waals surface area contributed by atoms with Crippen LogP contribution in [0.3, 0.4) is 0 Å². The van der Waals surface area contributed by atoms with Crippen molar-refractivity contribution in [2.75, 3.05) is 6.61 Å². The number of rotatable bonds is 3. The molecule has 3 N–H and O–H groups in total. The number of phenolic OH excluding ortho intramolecular Hbond substituents is 1. The number of hydrogen-bond donors (Lipinski definition) is 3. The number of aromatic hydroxyl groups is 1. The molecule has 7 heteroatoms. The third-order valence-electron chi connectivity index (χ3n) is 3.07. The second-order valence-corrected chi connectivity index (χ2v) is 5.41. The Morgan fingerprint density at radius 1 is 1.48 bits per heavy atom. The number of carbonyl (C=O) groups excluding carboxylic acids is 2. The Morgan fingerprint density at radius 2 is 2.19 bits per heavy atom. The molecule has 0 bridgehead atoms. The number of benzene rings is 1. The highest BCUT2D eigenvalue weighted by atomic mass is 79.9. The van der Waals surface area contributed by atoms with Crippen LogP contribution < -0.4 is 10.6 Å². The minimum Gasteiger partial charge on any atom is -0.508 e. The predicted molar refractivity (Wildman–Crippen MR) is 79.5 cm³/mol. The molecule has 0 unspecified atom stereocenters. The third kappa shape index (κ3) is 3.18. The van der Waals surface area contributed by atoms with E-state index in [0.29, 0.717) is 11.3 Å². The zero-order chi connectivity index (χ0) is 15.6. The second-order valence-electron chi connectivity index (χ2n) is 4.49. The average Bonchev–Trinajstić information content (AvgIpc) is 2.40. The summed E-state index contributed by atoms with van der Waals surface area (Å²) in [4.78, 5) is 23.8. The highest BCUT2D eigenvalue weighted by Gasteiger charge is 2.33. The lowest BCUT2D eigenvalue weighted by atomic mass is 9.95. The van der Waals surface area contributed by atoms with E-state index in [0.717, 1.165) is 4.47 Å². The molecule has 0 saturated heterocycles. The Balaban J connectivity index is 2.52. The lowest BCUT2D eigenvalue weighted by Crippen LogP contribution is -2.45. The van der Waals surface area contributed by atoms with Gasteiger partial charge in [0.15, 0.2) is 0 Å². The van der Waals surface area contributed by atoms with Gasteiger partial charge in [-0.3, -0.25) is 0 Å². The molecule has 1 atom stereocenters. The number of phenols is 1. The summed E-state index contributed by atoms with van der Waals surface area (Å²) in [5, 5.41) is 15.2. The van der Waals surface area contributed by atoms with Gasteiger partial charge in [-0.1, -0.05) is 15.9 Å². The standard InChI is InChI=1S/C14H15BrN2O4/c1-3-21-13(19)11-7(2)16-14(20)17-12(11)9-6-8(15)4-5-10(9)18/h4-6,12,18H,3H2,1-2H3,(H2,16,17,20)/t12-/m0/s1. The van der Waals surface area contributed by atoms with Gasteiger partial charge in [-0.2, -0.15) is 0 Å². The van der Waals surface area contributed by atoms with Crippen molar-refractivity contribution in [2.24, 2.45) is 0 Å². The van der Waals surface area contributed by atoms with Gasteiger partial charge in [0.05, 0.1) is 18.2 Å². The van der Waals surface area contributed by atoms with Gasteiger partial charge < -0.3 is 20.5 Å². The Morgan fingerprint density at radius 3 is 2.86 bits per heavy atom. The summed E-state index contributed by atoms with van der Waals surface area (Å²) in [7, 11) is 0. The van der Waals surface area contributed by atoms with Crippen molar-refractivity contribution in [3.8, 4) is 5.75 Å². The molecule has 1 aromatic rings. The summed E-state index contributed by atoms with van der Waals surface area (Å²) in [6.45, 7) is 3.54. The second kappa shape index (κ2) is 6.17. The van der Waals surface area contributed by atoms with E-state index < -0.39 is 18.0 Å². The van der Waals surface area contributed by atoms with Crippen molar-refractivity contribution in [1.29, 1.82) is 0 Å². The molecule has 1 aliphatic heterocycles. The van der Waals surface area contributed by atoms with Gasteiger partial charge in [0, 0.05) is 15.7 Å². The van der Waals surface area contributed by atoms with Crippen molar-refractivity contribution in [3.63, 3.8) is 0 Å². The summed E-state index contributed by atoms with van der Waals surface area (Å²) in [5.74, 6) is -0.549. The van der Waals surface area contributed by atoms with Crippen LogP contribution in [0.1, 0.15) is 25.5 Å². The van der Waals surface area contributed by atoms with E-state index in [1.807, 2.05) is 0 Å². The first-order valence-electron chi connectivity index (χ1n) is 6.37. The predicted octanol–water partition coefficient (Wildman–Crippen LogP) is 2.35. The maximum absolute atomic E-state index is 12.1. The number of amides is 2. The molecular weight excluding hydrogens is 340 g/mol. The third-order valence-corrected chi connectivity index (χ3v) is 3.56. The van der Waals surface area contributed by atoms with Crippen molar-refractivity contribution in [3.05, 3.63) is 39.5 Å². The molecule has 6 nitrogen and oxygen atoms in total. The van der Waals surface area contributed by atoms with Crippen molar-refractivity contribution >= 4 is 27.9 Å². The maximum Gasteiger partial charge on any atom is 0.338 e. The number of allylic oxidation sites excluding steroid dienone is 1. The molecule has 1 aliphatic rings. The minimum absolute atomic E-state index is 0.0139. The summed E-state index contributed by atoms with van der Waals surface area (Å²) >= 11 is 3.31. The SMILES string of the molecule is CCOC(=O)C1=C(C)NC(=O)N[C@H]1c1cc(Br)ccc1O. The highest BCUT2D eigenvalue weighted by molar-refractivity contribution is 9.10. The fourth-order valence-corrected chi connectivity index (χ4v) is 2.54. The van der Waals surface area contributed by atoms with Crippen molar-refractivity contribution in [2.45, 2.75) is 19.9 Å². The largest absolute Gasteiger partial charge is 0.508 e. The van der Waals surface area contributed by atoms with Crippen LogP contribution in [-0.2, 0) is 9.53 Å². The summed E-state index contributed by atoms with van der Waals surface area (Å²) in [5.41, 5.74) is 1.09. The van der Waals surface area contributed by atoms with E-state index in [1.165, 1.54) is 6.07 Å². The molecule has 0 fully saturated rings. The van der Waals surface area contributed by atoms with Crippen LogP contribution in [0.25, 0.3) is 0 Å².